The van der Waals surface area contributed by atoms with Gasteiger partial charge in [-0.2, -0.15) is 0 Å². The van der Waals surface area contributed by atoms with E-state index in [9.17, 15) is 14.0 Å². The Bertz CT molecular complexity index is 942. The lowest BCUT2D eigenvalue weighted by Crippen LogP contribution is -2.50. The molecular formula is C21H19FN2O2S. The van der Waals surface area contributed by atoms with E-state index in [0.29, 0.717) is 26.2 Å². The lowest BCUT2D eigenvalue weighted by Gasteiger charge is -2.34. The molecule has 0 aliphatic carbocycles. The Balaban J connectivity index is 1.35. The highest BCUT2D eigenvalue weighted by Gasteiger charge is 2.25. The van der Waals surface area contributed by atoms with Gasteiger partial charge in [0.25, 0.3) is 5.91 Å². The maximum Gasteiger partial charge on any atom is 0.264 e. The second-order valence-electron chi connectivity index (χ2n) is 6.62. The van der Waals surface area contributed by atoms with E-state index in [2.05, 4.69) is 0 Å². The van der Waals surface area contributed by atoms with Gasteiger partial charge in [0.05, 0.1) is 11.3 Å². The normalized spacial score (nSPS) is 14.6. The molecule has 1 fully saturated rings. The first-order valence-electron chi connectivity index (χ1n) is 8.90. The average Bonchev–Trinajstić information content (AvgIpc) is 3.13. The Morgan fingerprint density at radius 3 is 2.30 bits per heavy atom. The standard InChI is InChI=1S/C21H19FN2O2S/c22-17-7-5-15(6-8-17)13-20(25)23-9-11-24(12-10-23)21(26)19-14-16-3-1-2-4-18(16)27-19/h1-8,14H,9-13H2. The monoisotopic (exact) mass is 382 g/mol. The zero-order valence-electron chi connectivity index (χ0n) is 14.7. The van der Waals surface area contributed by atoms with E-state index in [4.69, 9.17) is 0 Å². The number of carbonyl (C=O) groups excluding carboxylic acids is 2. The molecule has 2 heterocycles. The lowest BCUT2D eigenvalue weighted by molar-refractivity contribution is -0.131. The number of thiophene rings is 1. The summed E-state index contributed by atoms with van der Waals surface area (Å²) in [6.45, 7) is 2.11. The van der Waals surface area contributed by atoms with Crippen molar-refractivity contribution in [3.8, 4) is 0 Å². The number of rotatable bonds is 3. The second-order valence-corrected chi connectivity index (χ2v) is 7.71. The molecule has 0 N–H and O–H groups in total. The van der Waals surface area contributed by atoms with Crippen molar-refractivity contribution in [3.05, 3.63) is 70.9 Å². The predicted octanol–water partition coefficient (Wildman–Crippen LogP) is 3.57. The lowest BCUT2D eigenvalue weighted by atomic mass is 10.1. The van der Waals surface area contributed by atoms with E-state index in [1.165, 1.54) is 23.5 Å². The Labute approximate surface area is 160 Å². The van der Waals surface area contributed by atoms with Crippen LogP contribution in [-0.2, 0) is 11.2 Å². The van der Waals surface area contributed by atoms with Crippen molar-refractivity contribution in [2.45, 2.75) is 6.42 Å². The van der Waals surface area contributed by atoms with E-state index in [1.54, 1.807) is 17.0 Å². The Morgan fingerprint density at radius 1 is 0.926 bits per heavy atom. The van der Waals surface area contributed by atoms with Crippen molar-refractivity contribution in [1.29, 1.82) is 0 Å². The summed E-state index contributed by atoms with van der Waals surface area (Å²) in [7, 11) is 0. The highest BCUT2D eigenvalue weighted by atomic mass is 32.1. The van der Waals surface area contributed by atoms with E-state index >= 15 is 0 Å². The van der Waals surface area contributed by atoms with Gasteiger partial charge in [-0.15, -0.1) is 11.3 Å². The molecule has 1 aromatic heterocycles. The molecular weight excluding hydrogens is 363 g/mol. The number of piperazine rings is 1. The van der Waals surface area contributed by atoms with Gasteiger partial charge in [0, 0.05) is 30.9 Å². The summed E-state index contributed by atoms with van der Waals surface area (Å²) in [5.41, 5.74) is 0.796. The van der Waals surface area contributed by atoms with Crippen LogP contribution in [0, 0.1) is 5.82 Å². The first-order chi connectivity index (χ1) is 13.1. The summed E-state index contributed by atoms with van der Waals surface area (Å²) in [6.07, 6.45) is 0.255. The van der Waals surface area contributed by atoms with Crippen molar-refractivity contribution in [1.82, 2.24) is 9.80 Å². The van der Waals surface area contributed by atoms with Crippen molar-refractivity contribution in [2.75, 3.05) is 26.2 Å². The number of carbonyl (C=O) groups is 2. The minimum Gasteiger partial charge on any atom is -0.339 e. The van der Waals surface area contributed by atoms with E-state index in [-0.39, 0.29) is 24.1 Å². The quantitative estimate of drug-likeness (QED) is 0.695. The molecule has 0 atom stereocenters. The molecule has 3 aromatic rings. The Kier molecular flexibility index (Phi) is 4.90. The number of hydrogen-bond donors (Lipinski definition) is 0. The molecule has 1 aliphatic heterocycles. The molecule has 2 amide bonds. The molecule has 0 spiro atoms. The second kappa shape index (κ2) is 7.48. The Morgan fingerprint density at radius 2 is 1.59 bits per heavy atom. The van der Waals surface area contributed by atoms with Crippen LogP contribution in [0.1, 0.15) is 15.2 Å². The summed E-state index contributed by atoms with van der Waals surface area (Å²) in [5.74, 6) is -0.267. The van der Waals surface area contributed by atoms with Crippen LogP contribution < -0.4 is 0 Å². The molecule has 1 saturated heterocycles. The predicted molar refractivity (Wildman–Crippen MR) is 104 cm³/mol. The van der Waals surface area contributed by atoms with Crippen molar-refractivity contribution < 1.29 is 14.0 Å². The summed E-state index contributed by atoms with van der Waals surface area (Å²) in [5, 5.41) is 1.08. The van der Waals surface area contributed by atoms with Gasteiger partial charge in [-0.3, -0.25) is 9.59 Å². The van der Waals surface area contributed by atoms with Crippen LogP contribution in [0.25, 0.3) is 10.1 Å². The summed E-state index contributed by atoms with van der Waals surface area (Å²) >= 11 is 1.51. The number of amides is 2. The van der Waals surface area contributed by atoms with Crippen LogP contribution in [0.4, 0.5) is 4.39 Å². The van der Waals surface area contributed by atoms with Crippen LogP contribution in [0.3, 0.4) is 0 Å². The Hall–Kier alpha value is -2.73. The third-order valence-electron chi connectivity index (χ3n) is 4.82. The van der Waals surface area contributed by atoms with Gasteiger partial charge in [0.2, 0.25) is 5.91 Å². The largest absolute Gasteiger partial charge is 0.339 e. The number of fused-ring (bicyclic) bond motifs is 1. The van der Waals surface area contributed by atoms with Gasteiger partial charge in [-0.1, -0.05) is 30.3 Å². The first-order valence-corrected chi connectivity index (χ1v) is 9.72. The van der Waals surface area contributed by atoms with Crippen LogP contribution in [-0.4, -0.2) is 47.8 Å². The van der Waals surface area contributed by atoms with Gasteiger partial charge >= 0.3 is 0 Å². The fourth-order valence-corrected chi connectivity index (χ4v) is 4.32. The maximum atomic E-state index is 13.0. The third kappa shape index (κ3) is 3.85. The highest BCUT2D eigenvalue weighted by Crippen LogP contribution is 2.26. The highest BCUT2D eigenvalue weighted by molar-refractivity contribution is 7.20. The molecule has 27 heavy (non-hydrogen) atoms. The summed E-state index contributed by atoms with van der Waals surface area (Å²) in [4.78, 5) is 29.5. The zero-order chi connectivity index (χ0) is 18.8. The molecule has 0 radical (unpaired) electrons. The first kappa shape index (κ1) is 17.7. The molecule has 6 heteroatoms. The molecule has 0 unspecified atom stereocenters. The van der Waals surface area contributed by atoms with Crippen LogP contribution in [0.5, 0.6) is 0 Å². The number of benzene rings is 2. The van der Waals surface area contributed by atoms with Crippen molar-refractivity contribution >= 4 is 33.2 Å². The third-order valence-corrected chi connectivity index (χ3v) is 5.93. The molecule has 1 aliphatic rings. The molecule has 2 aromatic carbocycles. The maximum absolute atomic E-state index is 13.0. The van der Waals surface area contributed by atoms with Crippen LogP contribution in [0.2, 0.25) is 0 Å². The number of nitrogens with zero attached hydrogens (tertiary/aromatic N) is 2. The van der Waals surface area contributed by atoms with E-state index < -0.39 is 0 Å². The number of hydrogen-bond acceptors (Lipinski definition) is 3. The number of halogens is 1. The minimum absolute atomic E-state index is 0.00979. The van der Waals surface area contributed by atoms with Gasteiger partial charge in [-0.05, 0) is 35.2 Å². The van der Waals surface area contributed by atoms with E-state index in [0.717, 1.165) is 20.5 Å². The molecule has 0 bridgehead atoms. The van der Waals surface area contributed by atoms with Gasteiger partial charge < -0.3 is 9.80 Å². The topological polar surface area (TPSA) is 40.6 Å². The average molecular weight is 382 g/mol. The molecule has 138 valence electrons. The fourth-order valence-electron chi connectivity index (χ4n) is 3.29. The zero-order valence-corrected chi connectivity index (χ0v) is 15.5. The van der Waals surface area contributed by atoms with Gasteiger partial charge in [0.15, 0.2) is 0 Å². The SMILES string of the molecule is O=C(Cc1ccc(F)cc1)N1CCN(C(=O)c2cc3ccccc3s2)CC1. The summed E-state index contributed by atoms with van der Waals surface area (Å²) in [6, 6.07) is 15.9. The van der Waals surface area contributed by atoms with Gasteiger partial charge in [-0.25, -0.2) is 4.39 Å². The van der Waals surface area contributed by atoms with Crippen LogP contribution in [0.15, 0.2) is 54.6 Å². The molecule has 4 nitrogen and oxygen atoms in total. The molecule has 0 saturated carbocycles. The van der Waals surface area contributed by atoms with Crippen LogP contribution >= 0.6 is 11.3 Å². The summed E-state index contributed by atoms with van der Waals surface area (Å²) < 4.78 is 14.1. The van der Waals surface area contributed by atoms with Crippen molar-refractivity contribution in [3.63, 3.8) is 0 Å². The van der Waals surface area contributed by atoms with Gasteiger partial charge in [0.1, 0.15) is 5.82 Å². The van der Waals surface area contributed by atoms with Crippen molar-refractivity contribution in [2.24, 2.45) is 0 Å². The molecule has 4 rings (SSSR count). The minimum atomic E-state index is -0.306. The van der Waals surface area contributed by atoms with E-state index in [1.807, 2.05) is 35.2 Å². The fraction of sp³-hybridized carbons (Fsp3) is 0.238. The smallest absolute Gasteiger partial charge is 0.264 e.